The summed E-state index contributed by atoms with van der Waals surface area (Å²) in [6.07, 6.45) is 3.41. The molecule has 1 saturated carbocycles. The summed E-state index contributed by atoms with van der Waals surface area (Å²) in [6.45, 7) is 2.24. The molecule has 1 aromatic carbocycles. The molecule has 0 radical (unpaired) electrons. The first kappa shape index (κ1) is 12.4. The van der Waals surface area contributed by atoms with Gasteiger partial charge in [0.25, 0.3) is 5.91 Å². The van der Waals surface area contributed by atoms with Crippen molar-refractivity contribution in [3.63, 3.8) is 0 Å². The van der Waals surface area contributed by atoms with Gasteiger partial charge >= 0.3 is 0 Å². The van der Waals surface area contributed by atoms with Crippen molar-refractivity contribution in [3.8, 4) is 0 Å². The molecule has 92 valence electrons. The number of benzene rings is 1. The van der Waals surface area contributed by atoms with Crippen molar-refractivity contribution < 1.29 is 4.79 Å². The molecule has 1 aliphatic carbocycles. The maximum atomic E-state index is 12.0. The summed E-state index contributed by atoms with van der Waals surface area (Å²) in [4.78, 5) is 12.0. The van der Waals surface area contributed by atoms with Gasteiger partial charge in [-0.05, 0) is 42.9 Å². The van der Waals surface area contributed by atoms with Gasteiger partial charge in [0.2, 0.25) is 0 Å². The molecule has 2 unspecified atom stereocenters. The Balaban J connectivity index is 1.99. The van der Waals surface area contributed by atoms with Crippen LogP contribution in [0.15, 0.2) is 24.3 Å². The predicted octanol–water partition coefficient (Wildman–Crippen LogP) is 3.34. The molecule has 1 N–H and O–H groups in total. The fourth-order valence-electron chi connectivity index (χ4n) is 2.40. The van der Waals surface area contributed by atoms with E-state index in [1.54, 1.807) is 0 Å². The van der Waals surface area contributed by atoms with Gasteiger partial charge in [0.05, 0.1) is 0 Å². The highest BCUT2D eigenvalue weighted by molar-refractivity contribution is 6.17. The number of carbonyl (C=O) groups excluding carboxylic acids is 1. The van der Waals surface area contributed by atoms with Crippen LogP contribution in [0, 0.1) is 5.92 Å². The lowest BCUT2D eigenvalue weighted by Gasteiger charge is -2.12. The summed E-state index contributed by atoms with van der Waals surface area (Å²) in [5.74, 6) is 1.20. The van der Waals surface area contributed by atoms with Gasteiger partial charge in [0, 0.05) is 17.5 Å². The normalized spacial score (nSPS) is 23.6. The van der Waals surface area contributed by atoms with Crippen LogP contribution in [0.2, 0.25) is 0 Å². The molecule has 1 aromatic rings. The standard InChI is InChI=1S/C14H18ClNO/c1-10-5-6-13(7-10)16-14(17)12-4-2-3-11(8-12)9-15/h2-4,8,10,13H,5-7,9H2,1H3,(H,16,17). The topological polar surface area (TPSA) is 29.1 Å². The van der Waals surface area contributed by atoms with Gasteiger partial charge in [-0.15, -0.1) is 11.6 Å². The SMILES string of the molecule is CC1CCC(NC(=O)c2cccc(CCl)c2)C1. The number of hydrogen-bond donors (Lipinski definition) is 1. The summed E-state index contributed by atoms with van der Waals surface area (Å²) >= 11 is 5.76. The van der Waals surface area contributed by atoms with Crippen molar-refractivity contribution in [2.45, 2.75) is 38.1 Å². The molecule has 0 aromatic heterocycles. The molecule has 0 saturated heterocycles. The van der Waals surface area contributed by atoms with Gasteiger partial charge in [0.1, 0.15) is 0 Å². The number of nitrogens with one attached hydrogen (secondary N) is 1. The molecular formula is C14H18ClNO. The molecular weight excluding hydrogens is 234 g/mol. The van der Waals surface area contributed by atoms with Crippen LogP contribution >= 0.6 is 11.6 Å². The molecule has 2 rings (SSSR count). The number of alkyl halides is 1. The third kappa shape index (κ3) is 3.22. The minimum atomic E-state index is 0.0241. The van der Waals surface area contributed by atoms with Crippen molar-refractivity contribution in [3.05, 3.63) is 35.4 Å². The van der Waals surface area contributed by atoms with Crippen molar-refractivity contribution in [2.24, 2.45) is 5.92 Å². The zero-order valence-corrected chi connectivity index (χ0v) is 10.8. The molecule has 0 heterocycles. The Morgan fingerprint density at radius 2 is 2.29 bits per heavy atom. The lowest BCUT2D eigenvalue weighted by Crippen LogP contribution is -2.32. The fraction of sp³-hybridized carbons (Fsp3) is 0.500. The van der Waals surface area contributed by atoms with Crippen LogP contribution in [0.5, 0.6) is 0 Å². The summed E-state index contributed by atoms with van der Waals surface area (Å²) in [5.41, 5.74) is 1.70. The average molecular weight is 252 g/mol. The maximum Gasteiger partial charge on any atom is 0.251 e. The second-order valence-electron chi connectivity index (χ2n) is 4.92. The van der Waals surface area contributed by atoms with Gasteiger partial charge < -0.3 is 5.32 Å². The molecule has 2 nitrogen and oxygen atoms in total. The first-order valence-corrected chi connectivity index (χ1v) is 6.68. The highest BCUT2D eigenvalue weighted by atomic mass is 35.5. The van der Waals surface area contributed by atoms with Crippen molar-refractivity contribution in [1.82, 2.24) is 5.32 Å². The molecule has 1 fully saturated rings. The number of hydrogen-bond acceptors (Lipinski definition) is 1. The summed E-state index contributed by atoms with van der Waals surface area (Å²) < 4.78 is 0. The van der Waals surface area contributed by atoms with E-state index in [9.17, 15) is 4.79 Å². The summed E-state index contributed by atoms with van der Waals surface area (Å²) in [7, 11) is 0. The van der Waals surface area contributed by atoms with Crippen molar-refractivity contribution in [2.75, 3.05) is 0 Å². The second kappa shape index (κ2) is 5.54. The van der Waals surface area contributed by atoms with Crippen molar-refractivity contribution in [1.29, 1.82) is 0 Å². The van der Waals surface area contributed by atoms with E-state index in [-0.39, 0.29) is 5.91 Å². The third-order valence-electron chi connectivity index (χ3n) is 3.37. The molecule has 1 amide bonds. The molecule has 0 aliphatic heterocycles. The van der Waals surface area contributed by atoms with Crippen LogP contribution in [0.4, 0.5) is 0 Å². The average Bonchev–Trinajstić information content (AvgIpc) is 2.75. The minimum Gasteiger partial charge on any atom is -0.349 e. The van der Waals surface area contributed by atoms with E-state index in [0.717, 1.165) is 24.3 Å². The van der Waals surface area contributed by atoms with E-state index in [1.165, 1.54) is 6.42 Å². The predicted molar refractivity (Wildman–Crippen MR) is 70.3 cm³/mol. The van der Waals surface area contributed by atoms with Crippen LogP contribution in [-0.4, -0.2) is 11.9 Å². The fourth-order valence-corrected chi connectivity index (χ4v) is 2.57. The Labute approximate surface area is 107 Å². The van der Waals surface area contributed by atoms with E-state index in [1.807, 2.05) is 24.3 Å². The first-order chi connectivity index (χ1) is 8.19. The van der Waals surface area contributed by atoms with Crippen LogP contribution in [0.25, 0.3) is 0 Å². The van der Waals surface area contributed by atoms with Gasteiger partial charge in [-0.1, -0.05) is 19.1 Å². The lowest BCUT2D eigenvalue weighted by molar-refractivity contribution is 0.0937. The van der Waals surface area contributed by atoms with Gasteiger partial charge in [-0.2, -0.15) is 0 Å². The zero-order valence-electron chi connectivity index (χ0n) is 10.1. The second-order valence-corrected chi connectivity index (χ2v) is 5.19. The third-order valence-corrected chi connectivity index (χ3v) is 3.68. The Morgan fingerprint density at radius 3 is 2.94 bits per heavy atom. The van der Waals surface area contributed by atoms with Crippen LogP contribution in [0.3, 0.4) is 0 Å². The lowest BCUT2D eigenvalue weighted by atomic mass is 10.1. The first-order valence-electron chi connectivity index (χ1n) is 6.15. The highest BCUT2D eigenvalue weighted by Crippen LogP contribution is 2.24. The number of rotatable bonds is 3. The quantitative estimate of drug-likeness (QED) is 0.821. The van der Waals surface area contributed by atoms with E-state index in [4.69, 9.17) is 11.6 Å². The Morgan fingerprint density at radius 1 is 1.47 bits per heavy atom. The molecule has 1 aliphatic rings. The minimum absolute atomic E-state index is 0.0241. The Kier molecular flexibility index (Phi) is 4.06. The molecule has 0 bridgehead atoms. The largest absolute Gasteiger partial charge is 0.349 e. The van der Waals surface area contributed by atoms with Gasteiger partial charge in [0.15, 0.2) is 0 Å². The number of amides is 1. The molecule has 3 heteroatoms. The Hall–Kier alpha value is -1.02. The monoisotopic (exact) mass is 251 g/mol. The summed E-state index contributed by atoms with van der Waals surface area (Å²) in [6, 6.07) is 7.85. The molecule has 17 heavy (non-hydrogen) atoms. The van der Waals surface area contributed by atoms with E-state index < -0.39 is 0 Å². The zero-order chi connectivity index (χ0) is 12.3. The van der Waals surface area contributed by atoms with Gasteiger partial charge in [-0.25, -0.2) is 0 Å². The van der Waals surface area contributed by atoms with E-state index in [2.05, 4.69) is 12.2 Å². The maximum absolute atomic E-state index is 12.0. The number of halogens is 1. The Bertz CT molecular complexity index is 405. The van der Waals surface area contributed by atoms with E-state index in [0.29, 0.717) is 17.5 Å². The van der Waals surface area contributed by atoms with Crippen molar-refractivity contribution >= 4 is 17.5 Å². The molecule has 0 spiro atoms. The smallest absolute Gasteiger partial charge is 0.251 e. The van der Waals surface area contributed by atoms with E-state index >= 15 is 0 Å². The highest BCUT2D eigenvalue weighted by Gasteiger charge is 2.22. The number of carbonyl (C=O) groups is 1. The van der Waals surface area contributed by atoms with Crippen LogP contribution in [-0.2, 0) is 5.88 Å². The van der Waals surface area contributed by atoms with Crippen LogP contribution in [0.1, 0.15) is 42.1 Å². The van der Waals surface area contributed by atoms with Gasteiger partial charge in [-0.3, -0.25) is 4.79 Å². The van der Waals surface area contributed by atoms with Crippen LogP contribution < -0.4 is 5.32 Å². The summed E-state index contributed by atoms with van der Waals surface area (Å²) in [5, 5.41) is 3.09. The molecule has 2 atom stereocenters.